The van der Waals surface area contributed by atoms with Gasteiger partial charge < -0.3 is 0 Å². The summed E-state index contributed by atoms with van der Waals surface area (Å²) < 4.78 is 0.648. The number of hydrogen-bond acceptors (Lipinski definition) is 4. The predicted molar refractivity (Wildman–Crippen MR) is 83.2 cm³/mol. The van der Waals surface area contributed by atoms with Gasteiger partial charge in [0.2, 0.25) is 0 Å². The van der Waals surface area contributed by atoms with Crippen molar-refractivity contribution >= 4 is 44.8 Å². The summed E-state index contributed by atoms with van der Waals surface area (Å²) in [5.74, 6) is 0. The van der Waals surface area contributed by atoms with Gasteiger partial charge in [-0.05, 0) is 24.6 Å². The molecule has 1 aromatic carbocycles. The quantitative estimate of drug-likeness (QED) is 0.519. The van der Waals surface area contributed by atoms with Gasteiger partial charge in [0, 0.05) is 11.6 Å². The lowest BCUT2D eigenvalue weighted by molar-refractivity contribution is 1.05. The summed E-state index contributed by atoms with van der Waals surface area (Å²) in [6.07, 6.45) is 3.71. The van der Waals surface area contributed by atoms with E-state index in [1.165, 1.54) is 11.8 Å². The summed E-state index contributed by atoms with van der Waals surface area (Å²) in [6, 6.07) is 10.1. The van der Waals surface area contributed by atoms with E-state index in [4.69, 9.17) is 12.2 Å². The van der Waals surface area contributed by atoms with E-state index in [1.54, 1.807) is 6.20 Å². The summed E-state index contributed by atoms with van der Waals surface area (Å²) in [5, 5.41) is 6.51. The molecule has 2 rings (SSSR count). The Kier molecular flexibility index (Phi) is 4.28. The Hall–Kier alpha value is -1.46. The molecule has 0 atom stereocenters. The van der Waals surface area contributed by atoms with E-state index < -0.39 is 0 Å². The molecule has 2 aromatic rings. The molecule has 0 amide bonds. The van der Waals surface area contributed by atoms with Crippen LogP contribution in [-0.2, 0) is 0 Å². The van der Waals surface area contributed by atoms with E-state index in [0.717, 1.165) is 22.2 Å². The van der Waals surface area contributed by atoms with Crippen molar-refractivity contribution in [2.45, 2.75) is 6.92 Å². The van der Waals surface area contributed by atoms with E-state index in [9.17, 15) is 0 Å². The third kappa shape index (κ3) is 2.86. The minimum absolute atomic E-state index is 0.648. The molecule has 1 N–H and O–H groups in total. The second-order valence-electron chi connectivity index (χ2n) is 3.68. The number of thioether (sulfide) groups is 1. The highest BCUT2D eigenvalue weighted by Gasteiger charge is 2.05. The minimum Gasteiger partial charge on any atom is -0.262 e. The highest BCUT2D eigenvalue weighted by atomic mass is 32.2. The molecule has 0 radical (unpaired) electrons. The summed E-state index contributed by atoms with van der Waals surface area (Å²) in [5.41, 5.74) is 4.54. The van der Waals surface area contributed by atoms with Crippen LogP contribution in [0.4, 0.5) is 0 Å². The molecule has 0 aliphatic rings. The average molecular weight is 275 g/mol. The molecule has 5 heteroatoms. The fourth-order valence-corrected chi connectivity index (χ4v) is 1.82. The largest absolute Gasteiger partial charge is 0.262 e. The number of nitrogens with zero attached hydrogens (tertiary/aromatic N) is 2. The van der Waals surface area contributed by atoms with Crippen LogP contribution in [0.15, 0.2) is 41.6 Å². The van der Waals surface area contributed by atoms with Crippen molar-refractivity contribution in [1.82, 2.24) is 10.4 Å². The van der Waals surface area contributed by atoms with Crippen LogP contribution in [0.2, 0.25) is 0 Å². The first-order valence-electron chi connectivity index (χ1n) is 5.44. The molecule has 0 unspecified atom stereocenters. The van der Waals surface area contributed by atoms with Crippen molar-refractivity contribution in [2.75, 3.05) is 6.26 Å². The molecule has 0 spiro atoms. The smallest absolute Gasteiger partial charge is 0.153 e. The van der Waals surface area contributed by atoms with Crippen LogP contribution in [-0.4, -0.2) is 21.3 Å². The molecular weight excluding hydrogens is 262 g/mol. The molecule has 1 heterocycles. The number of thiocarbonyl (C=S) groups is 1. The lowest BCUT2D eigenvalue weighted by atomic mass is 10.1. The van der Waals surface area contributed by atoms with Crippen LogP contribution < -0.4 is 5.43 Å². The molecule has 0 saturated carbocycles. The number of fused-ring (bicyclic) bond motifs is 1. The van der Waals surface area contributed by atoms with E-state index in [1.807, 2.05) is 37.4 Å². The summed E-state index contributed by atoms with van der Waals surface area (Å²) >= 11 is 6.50. The van der Waals surface area contributed by atoms with Crippen LogP contribution in [0.25, 0.3) is 10.8 Å². The van der Waals surface area contributed by atoms with Crippen LogP contribution in [0, 0.1) is 0 Å². The molecule has 0 aliphatic heterocycles. The molecule has 1 aromatic heterocycles. The Morgan fingerprint density at radius 3 is 2.89 bits per heavy atom. The normalized spacial score (nSPS) is 11.6. The van der Waals surface area contributed by atoms with Gasteiger partial charge in [-0.3, -0.25) is 10.4 Å². The summed E-state index contributed by atoms with van der Waals surface area (Å²) in [6.45, 7) is 1.92. The lowest BCUT2D eigenvalue weighted by Gasteiger charge is -2.05. The van der Waals surface area contributed by atoms with Gasteiger partial charge in [0.15, 0.2) is 4.32 Å². The molecule has 0 saturated heterocycles. The Labute approximate surface area is 116 Å². The van der Waals surface area contributed by atoms with Crippen molar-refractivity contribution < 1.29 is 0 Å². The van der Waals surface area contributed by atoms with Crippen LogP contribution in [0.5, 0.6) is 0 Å². The number of benzene rings is 1. The molecule has 18 heavy (non-hydrogen) atoms. The third-order valence-corrected chi connectivity index (χ3v) is 3.57. The standard InChI is InChI=1S/C13H13N3S2/c1-9(15-16-13(17)18-2)12-11-6-4-3-5-10(11)7-8-14-12/h3-8H,1-2H3,(H,16,17). The van der Waals surface area contributed by atoms with E-state index in [-0.39, 0.29) is 0 Å². The van der Waals surface area contributed by atoms with Crippen molar-refractivity contribution in [1.29, 1.82) is 0 Å². The van der Waals surface area contributed by atoms with Crippen molar-refractivity contribution in [3.63, 3.8) is 0 Å². The zero-order chi connectivity index (χ0) is 13.0. The molecule has 0 aliphatic carbocycles. The number of pyridine rings is 1. The number of hydrogen-bond donors (Lipinski definition) is 1. The number of nitrogens with one attached hydrogen (secondary N) is 1. The maximum absolute atomic E-state index is 5.04. The fourth-order valence-electron chi connectivity index (χ4n) is 1.64. The van der Waals surface area contributed by atoms with Crippen LogP contribution in [0.3, 0.4) is 0 Å². The second kappa shape index (κ2) is 5.93. The molecule has 0 fully saturated rings. The highest BCUT2D eigenvalue weighted by molar-refractivity contribution is 8.22. The van der Waals surface area contributed by atoms with Crippen molar-refractivity contribution in [3.8, 4) is 0 Å². The second-order valence-corrected chi connectivity index (χ2v) is 5.16. The molecule has 92 valence electrons. The van der Waals surface area contributed by atoms with E-state index in [0.29, 0.717) is 4.32 Å². The first kappa shape index (κ1) is 13.0. The Bertz CT molecular complexity index is 603. The maximum Gasteiger partial charge on any atom is 0.153 e. The predicted octanol–water partition coefficient (Wildman–Crippen LogP) is 3.20. The molecule has 0 bridgehead atoms. The van der Waals surface area contributed by atoms with Crippen molar-refractivity contribution in [3.05, 3.63) is 42.2 Å². The number of hydrazone groups is 1. The van der Waals surface area contributed by atoms with Gasteiger partial charge in [-0.1, -0.05) is 48.2 Å². The van der Waals surface area contributed by atoms with Gasteiger partial charge in [-0.2, -0.15) is 5.10 Å². The molecular formula is C13H13N3S2. The lowest BCUT2D eigenvalue weighted by Crippen LogP contribution is -2.14. The number of aromatic nitrogens is 1. The van der Waals surface area contributed by atoms with E-state index in [2.05, 4.69) is 21.6 Å². The Morgan fingerprint density at radius 1 is 1.33 bits per heavy atom. The number of rotatable bonds is 2. The summed E-state index contributed by atoms with van der Waals surface area (Å²) in [4.78, 5) is 4.39. The van der Waals surface area contributed by atoms with Crippen molar-refractivity contribution in [2.24, 2.45) is 5.10 Å². The van der Waals surface area contributed by atoms with Gasteiger partial charge >= 0.3 is 0 Å². The Balaban J connectivity index is 2.38. The zero-order valence-electron chi connectivity index (χ0n) is 10.2. The maximum atomic E-state index is 5.04. The topological polar surface area (TPSA) is 37.3 Å². The Morgan fingerprint density at radius 2 is 2.11 bits per heavy atom. The summed E-state index contributed by atoms with van der Waals surface area (Å²) in [7, 11) is 0. The van der Waals surface area contributed by atoms with Crippen LogP contribution in [0.1, 0.15) is 12.6 Å². The van der Waals surface area contributed by atoms with Gasteiger partial charge in [-0.25, -0.2) is 0 Å². The van der Waals surface area contributed by atoms with E-state index >= 15 is 0 Å². The SMILES string of the molecule is CSC(=S)NN=C(C)c1nccc2ccccc12. The first-order chi connectivity index (χ1) is 8.72. The fraction of sp³-hybridized carbons (Fsp3) is 0.154. The first-order valence-corrected chi connectivity index (χ1v) is 7.08. The zero-order valence-corrected chi connectivity index (χ0v) is 11.8. The average Bonchev–Trinajstić information content (AvgIpc) is 2.43. The highest BCUT2D eigenvalue weighted by Crippen LogP contribution is 2.16. The van der Waals surface area contributed by atoms with Gasteiger partial charge in [0.1, 0.15) is 0 Å². The monoisotopic (exact) mass is 275 g/mol. The minimum atomic E-state index is 0.648. The molecule has 3 nitrogen and oxygen atoms in total. The third-order valence-electron chi connectivity index (χ3n) is 2.52. The van der Waals surface area contributed by atoms with Crippen LogP contribution >= 0.6 is 24.0 Å². The van der Waals surface area contributed by atoms with Gasteiger partial charge in [0.25, 0.3) is 0 Å². The van der Waals surface area contributed by atoms with Gasteiger partial charge in [0.05, 0.1) is 11.4 Å². The van der Waals surface area contributed by atoms with Gasteiger partial charge in [-0.15, -0.1) is 0 Å².